The lowest BCUT2D eigenvalue weighted by atomic mass is 9.55. The molecule has 1 fully saturated rings. The van der Waals surface area contributed by atoms with Crippen LogP contribution in [0.1, 0.15) is 89.0 Å². The number of hydrogen-bond donors (Lipinski definition) is 3. The first-order chi connectivity index (χ1) is 36.6. The summed E-state index contributed by atoms with van der Waals surface area (Å²) >= 11 is 0. The normalized spacial score (nSPS) is 21.3. The number of nitro benzene ring substituents is 1. The van der Waals surface area contributed by atoms with Crippen molar-refractivity contribution in [1.29, 1.82) is 5.26 Å². The number of carbonyl (C=O) groups excluding carboxylic acids is 2. The number of nitrogens with zero attached hydrogens (tertiary/aromatic N) is 4. The Hall–Kier alpha value is -8.04. The maximum atomic E-state index is 15.6. The summed E-state index contributed by atoms with van der Waals surface area (Å²) in [6.45, 7) is 4.36. The van der Waals surface area contributed by atoms with Gasteiger partial charge in [0.1, 0.15) is 24.1 Å². The third-order valence-corrected chi connectivity index (χ3v) is 14.4. The molecule has 2 aliphatic heterocycles. The first kappa shape index (κ1) is 51.8. The number of carbonyl (C=O) groups is 2. The maximum absolute atomic E-state index is 15.6. The number of aliphatic hydroxyl groups is 2. The average Bonchev–Trinajstić information content (AvgIpc) is 3.91. The van der Waals surface area contributed by atoms with Gasteiger partial charge in [-0.1, -0.05) is 66.5 Å². The molecule has 0 aromatic heterocycles. The van der Waals surface area contributed by atoms with Gasteiger partial charge >= 0.3 is 6.09 Å². The van der Waals surface area contributed by atoms with Gasteiger partial charge < -0.3 is 49.0 Å². The fourth-order valence-corrected chi connectivity index (χ4v) is 10.9. The second kappa shape index (κ2) is 23.9. The Morgan fingerprint density at radius 3 is 2.36 bits per heavy atom. The molecule has 17 heteroatoms. The smallest absolute Gasteiger partial charge is 0.412 e. The zero-order valence-corrected chi connectivity index (χ0v) is 41.4. The molecule has 5 aromatic carbocycles. The summed E-state index contributed by atoms with van der Waals surface area (Å²) in [7, 11) is 0. The molecule has 1 saturated carbocycles. The van der Waals surface area contributed by atoms with Crippen LogP contribution >= 0.6 is 0 Å². The lowest BCUT2D eigenvalue weighted by molar-refractivity contribution is -0.384. The molecule has 5 aromatic rings. The lowest BCUT2D eigenvalue weighted by Crippen LogP contribution is -2.70. The molecule has 75 heavy (non-hydrogen) atoms. The van der Waals surface area contributed by atoms with Crippen LogP contribution in [0.5, 0.6) is 23.0 Å². The van der Waals surface area contributed by atoms with E-state index in [4.69, 9.17) is 33.7 Å². The minimum atomic E-state index is -1.66. The van der Waals surface area contributed by atoms with Crippen molar-refractivity contribution in [1.82, 2.24) is 10.2 Å². The van der Waals surface area contributed by atoms with Crippen molar-refractivity contribution in [2.24, 2.45) is 22.9 Å². The second-order valence-corrected chi connectivity index (χ2v) is 19.0. The van der Waals surface area contributed by atoms with Gasteiger partial charge in [-0.15, -0.1) is 6.58 Å². The van der Waals surface area contributed by atoms with Crippen LogP contribution in [-0.2, 0) is 29.3 Å². The van der Waals surface area contributed by atoms with E-state index >= 15 is 4.79 Å². The van der Waals surface area contributed by atoms with E-state index in [0.29, 0.717) is 83.7 Å². The van der Waals surface area contributed by atoms with Gasteiger partial charge in [-0.3, -0.25) is 14.9 Å². The van der Waals surface area contributed by atoms with Crippen LogP contribution in [-0.4, -0.2) is 76.2 Å². The molecular weight excluding hydrogens is 959 g/mol. The minimum Gasteiger partial charge on any atom is -0.459 e. The number of nitrogens with one attached hydrogen (secondary N) is 1. The molecule has 0 unspecified atom stereocenters. The van der Waals surface area contributed by atoms with Crippen molar-refractivity contribution in [2.75, 3.05) is 26.6 Å². The predicted octanol–water partition coefficient (Wildman–Crippen LogP) is 9.66. The Kier molecular flexibility index (Phi) is 16.5. The van der Waals surface area contributed by atoms with Gasteiger partial charge in [-0.25, -0.2) is 4.79 Å². The average molecular weight is 1020 g/mol. The third-order valence-electron chi connectivity index (χ3n) is 14.4. The molecule has 0 spiro atoms. The van der Waals surface area contributed by atoms with Crippen molar-refractivity contribution in [3.05, 3.63) is 183 Å². The zero-order valence-electron chi connectivity index (χ0n) is 41.4. The van der Waals surface area contributed by atoms with E-state index < -0.39 is 40.6 Å². The Bertz CT molecular complexity index is 2960. The molecule has 2 heterocycles. The molecule has 2 amide bonds. The van der Waals surface area contributed by atoms with Crippen molar-refractivity contribution in [3.63, 3.8) is 0 Å². The number of fused-ring (bicyclic) bond motifs is 3. The first-order valence-electron chi connectivity index (χ1n) is 25.3. The summed E-state index contributed by atoms with van der Waals surface area (Å²) in [6.07, 6.45) is 7.12. The summed E-state index contributed by atoms with van der Waals surface area (Å²) in [5.74, 6) is -1.65. The number of non-ortho nitro benzene ring substituents is 1. The highest BCUT2D eigenvalue weighted by Crippen LogP contribution is 2.62. The summed E-state index contributed by atoms with van der Waals surface area (Å²) in [6, 6.07) is 33.9. The summed E-state index contributed by atoms with van der Waals surface area (Å²) in [4.78, 5) is 48.0. The van der Waals surface area contributed by atoms with Gasteiger partial charge in [-0.05, 0) is 127 Å². The van der Waals surface area contributed by atoms with Gasteiger partial charge in [0.2, 0.25) is 12.6 Å². The predicted molar refractivity (Wildman–Crippen MR) is 276 cm³/mol. The first-order valence-corrected chi connectivity index (χ1v) is 25.3. The van der Waals surface area contributed by atoms with E-state index in [1.807, 2.05) is 48.5 Å². The molecule has 17 nitrogen and oxygen atoms in total. The number of rotatable bonds is 22. The highest BCUT2D eigenvalue weighted by Gasteiger charge is 2.65. The second-order valence-electron chi connectivity index (χ2n) is 19.0. The molecule has 2 aliphatic carbocycles. The summed E-state index contributed by atoms with van der Waals surface area (Å²) in [5.41, 5.74) is 4.88. The van der Waals surface area contributed by atoms with E-state index in [2.05, 4.69) is 24.0 Å². The largest absolute Gasteiger partial charge is 0.459 e. The van der Waals surface area contributed by atoms with E-state index in [9.17, 15) is 30.4 Å². The fraction of sp³-hybridized carbons (Fsp3) is 0.345. The van der Waals surface area contributed by atoms with Crippen molar-refractivity contribution in [3.8, 4) is 29.1 Å². The van der Waals surface area contributed by atoms with Crippen LogP contribution in [0, 0.1) is 39.2 Å². The molecule has 9 rings (SSSR count). The molecule has 0 radical (unpaired) electrons. The summed E-state index contributed by atoms with van der Waals surface area (Å²) in [5, 5.41) is 49.2. The number of hydrogen-bond acceptors (Lipinski definition) is 14. The zero-order chi connectivity index (χ0) is 52.3. The van der Waals surface area contributed by atoms with Gasteiger partial charge in [-0.2, -0.15) is 5.26 Å². The van der Waals surface area contributed by atoms with Gasteiger partial charge in [0.25, 0.3) is 11.6 Å². The van der Waals surface area contributed by atoms with Crippen LogP contribution in [0.2, 0.25) is 0 Å². The molecule has 3 N–H and O–H groups in total. The monoisotopic (exact) mass is 1020 g/mol. The lowest BCUT2D eigenvalue weighted by Gasteiger charge is -2.60. The van der Waals surface area contributed by atoms with Gasteiger partial charge in [0.15, 0.2) is 11.5 Å². The van der Waals surface area contributed by atoms with Crippen LogP contribution in [0.15, 0.2) is 145 Å². The topological polar surface area (TPSA) is 225 Å². The van der Waals surface area contributed by atoms with Crippen LogP contribution in [0.25, 0.3) is 0 Å². The van der Waals surface area contributed by atoms with E-state index in [1.165, 1.54) is 12.1 Å². The number of amides is 2. The number of allylic oxidation sites excluding steroid dienone is 1. The number of ether oxygens (including phenoxy) is 5. The number of benzene rings is 5. The Labute approximate surface area is 434 Å². The van der Waals surface area contributed by atoms with Crippen molar-refractivity contribution in [2.45, 2.75) is 82.4 Å². The molecule has 0 bridgehead atoms. The standard InChI is InChI=1S/C58H59N5O12/c1-2-28-72-58-53(62(56(66)42-19-14-38(33-59)15-20-42)35-41-18-24-51-52(29-41)71-37-70-51)32-49(61-73-36-40-16-21-44(22-17-40)63(68)69)47-30-43(12-6-8-26-64)46(13-7-9-27-65)54(55(47)58)48-31-45(23-25-50(48)75-58)74-57(67)60-34-39-10-4-3-5-11-39/h2-5,10-11,14-25,29-31,43,46,53-55,64-65H,1,6-9,12-13,26-28,32,34-37H2,(H,60,67)/t43-,46+,53-,54+,55+,58+/m0/s1. The van der Waals surface area contributed by atoms with E-state index in [-0.39, 0.29) is 76.0 Å². The SMILES string of the molecule is C=CCO[C@@]12Oc3ccc(OC(=O)NCc4ccccc4)cc3[C@H]3[C@H](CCCCO)[C@@H](CCCCO)C=C(C(=NOCc4ccc([N+](=O)[O-])cc4)C[C@@H]1N(Cc1ccc4c(c1)OCO4)C(=O)c1ccc(C#N)cc1)[C@H]32. The number of aliphatic hydroxyl groups excluding tert-OH is 2. The van der Waals surface area contributed by atoms with E-state index in [0.717, 1.165) is 16.7 Å². The molecular formula is C58H59N5O12. The molecule has 0 saturated heterocycles. The number of unbranched alkanes of at least 4 members (excludes halogenated alkanes) is 2. The summed E-state index contributed by atoms with van der Waals surface area (Å²) < 4.78 is 32.1. The number of nitro groups is 1. The molecule has 4 aliphatic rings. The van der Waals surface area contributed by atoms with E-state index in [1.54, 1.807) is 65.6 Å². The fourth-order valence-electron chi connectivity index (χ4n) is 10.9. The number of nitriles is 1. The van der Waals surface area contributed by atoms with Crippen LogP contribution < -0.4 is 24.3 Å². The number of oxime groups is 1. The van der Waals surface area contributed by atoms with Crippen LogP contribution in [0.3, 0.4) is 0 Å². The maximum Gasteiger partial charge on any atom is 0.412 e. The minimum absolute atomic E-state index is 0.00347. The van der Waals surface area contributed by atoms with Crippen molar-refractivity contribution < 1.29 is 53.2 Å². The third kappa shape index (κ3) is 11.5. The molecule has 6 atom stereocenters. The quantitative estimate of drug-likeness (QED) is 0.0254. The Morgan fingerprint density at radius 1 is 0.893 bits per heavy atom. The van der Waals surface area contributed by atoms with Gasteiger partial charge in [0, 0.05) is 61.9 Å². The van der Waals surface area contributed by atoms with Crippen molar-refractivity contribution >= 4 is 23.4 Å². The highest BCUT2D eigenvalue weighted by molar-refractivity contribution is 6.03. The molecule has 388 valence electrons. The Balaban J connectivity index is 1.23. The highest BCUT2D eigenvalue weighted by atomic mass is 16.7. The Morgan fingerprint density at radius 2 is 1.63 bits per heavy atom. The van der Waals surface area contributed by atoms with Gasteiger partial charge in [0.05, 0.1) is 34.8 Å². The van der Waals surface area contributed by atoms with Crippen LogP contribution in [0.4, 0.5) is 10.5 Å².